The SMILES string of the molecule is O=c1c(F)cc2ncc(F)c3c2n1CC3(O)CN1CCC(NCc2cc3c(cn2)OCCO3)CC1. The molecule has 0 radical (unpaired) electrons. The van der Waals surface area contributed by atoms with Gasteiger partial charge in [0, 0.05) is 31.3 Å². The van der Waals surface area contributed by atoms with Gasteiger partial charge in [-0.15, -0.1) is 0 Å². The van der Waals surface area contributed by atoms with Gasteiger partial charge in [-0.05, 0) is 25.9 Å². The van der Waals surface area contributed by atoms with Gasteiger partial charge in [0.1, 0.15) is 24.6 Å². The fraction of sp³-hybridized carbons (Fsp3) is 0.458. The van der Waals surface area contributed by atoms with E-state index < -0.39 is 22.8 Å². The molecule has 3 aliphatic heterocycles. The van der Waals surface area contributed by atoms with E-state index in [9.17, 15) is 18.7 Å². The molecule has 184 valence electrons. The molecule has 0 aromatic carbocycles. The van der Waals surface area contributed by atoms with E-state index in [1.807, 2.05) is 6.07 Å². The van der Waals surface area contributed by atoms with Gasteiger partial charge in [-0.25, -0.2) is 8.78 Å². The lowest BCUT2D eigenvalue weighted by molar-refractivity contribution is -0.0160. The lowest BCUT2D eigenvalue weighted by Gasteiger charge is -2.37. The van der Waals surface area contributed by atoms with Crippen molar-refractivity contribution in [1.29, 1.82) is 0 Å². The second kappa shape index (κ2) is 8.51. The minimum Gasteiger partial charge on any atom is -0.486 e. The summed E-state index contributed by atoms with van der Waals surface area (Å²) in [5, 5.41) is 15.0. The third-order valence-electron chi connectivity index (χ3n) is 7.03. The number of nitrogens with one attached hydrogen (secondary N) is 1. The van der Waals surface area contributed by atoms with Crippen LogP contribution in [0.3, 0.4) is 0 Å². The van der Waals surface area contributed by atoms with Crippen LogP contribution in [0.5, 0.6) is 11.5 Å². The maximum Gasteiger partial charge on any atom is 0.287 e. The summed E-state index contributed by atoms with van der Waals surface area (Å²) in [6.07, 6.45) is 4.32. The van der Waals surface area contributed by atoms with Gasteiger partial charge in [0.15, 0.2) is 17.3 Å². The first-order valence-corrected chi connectivity index (χ1v) is 11.7. The number of hydrogen-bond donors (Lipinski definition) is 2. The average molecular weight is 485 g/mol. The summed E-state index contributed by atoms with van der Waals surface area (Å²) >= 11 is 0. The molecule has 0 bridgehead atoms. The number of fused-ring (bicyclic) bond motifs is 1. The zero-order valence-corrected chi connectivity index (χ0v) is 19.0. The Bertz CT molecular complexity index is 1360. The highest BCUT2D eigenvalue weighted by Crippen LogP contribution is 2.38. The number of halogens is 2. The van der Waals surface area contributed by atoms with Crippen molar-refractivity contribution < 1.29 is 23.4 Å². The Morgan fingerprint density at radius 2 is 1.86 bits per heavy atom. The maximum atomic E-state index is 14.8. The van der Waals surface area contributed by atoms with Crippen LogP contribution in [0.15, 0.2) is 29.3 Å². The van der Waals surface area contributed by atoms with Crippen LogP contribution in [-0.2, 0) is 18.7 Å². The molecule has 6 heterocycles. The first-order valence-electron chi connectivity index (χ1n) is 11.7. The van der Waals surface area contributed by atoms with Crippen LogP contribution in [-0.4, -0.2) is 63.4 Å². The Morgan fingerprint density at radius 1 is 1.09 bits per heavy atom. The van der Waals surface area contributed by atoms with Crippen molar-refractivity contribution >= 4 is 11.0 Å². The summed E-state index contributed by atoms with van der Waals surface area (Å²) in [5.74, 6) is -0.291. The highest BCUT2D eigenvalue weighted by Gasteiger charge is 2.43. The zero-order valence-electron chi connectivity index (χ0n) is 19.0. The first kappa shape index (κ1) is 22.3. The van der Waals surface area contributed by atoms with Crippen molar-refractivity contribution in [3.63, 3.8) is 0 Å². The van der Waals surface area contributed by atoms with Crippen molar-refractivity contribution in [3.8, 4) is 11.5 Å². The number of likely N-dealkylation sites (tertiary alicyclic amines) is 1. The molecule has 0 aliphatic carbocycles. The lowest BCUT2D eigenvalue weighted by atomic mass is 9.93. The van der Waals surface area contributed by atoms with E-state index in [2.05, 4.69) is 20.2 Å². The van der Waals surface area contributed by atoms with Gasteiger partial charge in [-0.1, -0.05) is 0 Å². The van der Waals surface area contributed by atoms with Crippen molar-refractivity contribution in [2.24, 2.45) is 0 Å². The number of aromatic nitrogens is 3. The number of aliphatic hydroxyl groups is 1. The molecule has 1 saturated heterocycles. The Labute approximate surface area is 199 Å². The summed E-state index contributed by atoms with van der Waals surface area (Å²) < 4.78 is 41.1. The Balaban J connectivity index is 1.10. The number of pyridine rings is 3. The van der Waals surface area contributed by atoms with Gasteiger partial charge in [0.2, 0.25) is 0 Å². The molecule has 6 rings (SSSR count). The normalized spacial score (nSPS) is 22.1. The fourth-order valence-corrected chi connectivity index (χ4v) is 5.35. The van der Waals surface area contributed by atoms with E-state index in [1.165, 1.54) is 0 Å². The largest absolute Gasteiger partial charge is 0.486 e. The van der Waals surface area contributed by atoms with E-state index in [-0.39, 0.29) is 35.7 Å². The van der Waals surface area contributed by atoms with Crippen molar-refractivity contribution in [2.75, 3.05) is 32.8 Å². The third-order valence-corrected chi connectivity index (χ3v) is 7.03. The van der Waals surface area contributed by atoms with Crippen LogP contribution in [0.4, 0.5) is 8.78 Å². The van der Waals surface area contributed by atoms with Gasteiger partial charge < -0.3 is 24.5 Å². The molecule has 35 heavy (non-hydrogen) atoms. The second-order valence-electron chi connectivity index (χ2n) is 9.38. The third kappa shape index (κ3) is 3.93. The summed E-state index contributed by atoms with van der Waals surface area (Å²) in [4.78, 5) is 22.7. The smallest absolute Gasteiger partial charge is 0.287 e. The highest BCUT2D eigenvalue weighted by molar-refractivity contribution is 5.81. The standard InChI is InChI=1S/C24H25F2N5O4/c25-16-8-18-22-21(17(26)10-29-18)24(33,13-31(22)23(16)32)12-30-3-1-14(2-4-30)27-9-15-7-19-20(11-28-15)35-6-5-34-19/h7-8,10-11,14,27,33H,1-6,9,12-13H2. The minimum atomic E-state index is -1.64. The predicted molar refractivity (Wildman–Crippen MR) is 121 cm³/mol. The molecule has 0 amide bonds. The number of ether oxygens (including phenoxy) is 2. The Morgan fingerprint density at radius 3 is 2.66 bits per heavy atom. The fourth-order valence-electron chi connectivity index (χ4n) is 5.35. The molecular formula is C24H25F2N5O4. The molecule has 0 saturated carbocycles. The molecule has 0 spiro atoms. The van der Waals surface area contributed by atoms with Crippen LogP contribution in [0.25, 0.3) is 11.0 Å². The Kier molecular flexibility index (Phi) is 5.42. The van der Waals surface area contributed by atoms with E-state index in [0.717, 1.165) is 35.4 Å². The van der Waals surface area contributed by atoms with Crippen LogP contribution >= 0.6 is 0 Å². The van der Waals surface area contributed by atoms with Gasteiger partial charge >= 0.3 is 0 Å². The molecule has 2 N–H and O–H groups in total. The van der Waals surface area contributed by atoms with E-state index in [0.29, 0.717) is 44.3 Å². The predicted octanol–water partition coefficient (Wildman–Crippen LogP) is 1.30. The van der Waals surface area contributed by atoms with E-state index in [4.69, 9.17) is 9.47 Å². The van der Waals surface area contributed by atoms with Gasteiger partial charge in [-0.2, -0.15) is 0 Å². The molecule has 3 aliphatic rings. The second-order valence-corrected chi connectivity index (χ2v) is 9.38. The zero-order chi connectivity index (χ0) is 24.2. The molecular weight excluding hydrogens is 460 g/mol. The molecule has 1 fully saturated rings. The van der Waals surface area contributed by atoms with Crippen LogP contribution < -0.4 is 20.3 Å². The molecule has 1 atom stereocenters. The van der Waals surface area contributed by atoms with Crippen molar-refractivity contribution in [2.45, 2.75) is 37.6 Å². The average Bonchev–Trinajstić information content (AvgIpc) is 3.18. The van der Waals surface area contributed by atoms with Crippen LogP contribution in [0, 0.1) is 11.6 Å². The quantitative estimate of drug-likeness (QED) is 0.558. The minimum absolute atomic E-state index is 0.0181. The van der Waals surface area contributed by atoms with Crippen molar-refractivity contribution in [3.05, 3.63) is 57.8 Å². The number of hydrogen-bond acceptors (Lipinski definition) is 8. The topological polar surface area (TPSA) is 102 Å². The molecule has 3 aromatic rings. The number of rotatable bonds is 5. The number of nitrogens with zero attached hydrogens (tertiary/aromatic N) is 4. The summed E-state index contributed by atoms with van der Waals surface area (Å²) in [6, 6.07) is 3.15. The first-order chi connectivity index (χ1) is 16.9. The van der Waals surface area contributed by atoms with Crippen molar-refractivity contribution in [1.82, 2.24) is 24.8 Å². The molecule has 9 nitrogen and oxygen atoms in total. The van der Waals surface area contributed by atoms with Gasteiger partial charge in [0.05, 0.1) is 41.2 Å². The van der Waals surface area contributed by atoms with Crippen LogP contribution in [0.2, 0.25) is 0 Å². The monoisotopic (exact) mass is 485 g/mol. The molecule has 1 unspecified atom stereocenters. The number of β-amino-alcohol motifs (C(OH)–C–C–N with tert-alkyl or cyclic N) is 1. The maximum absolute atomic E-state index is 14.8. The van der Waals surface area contributed by atoms with Gasteiger partial charge in [-0.3, -0.25) is 19.7 Å². The highest BCUT2D eigenvalue weighted by atomic mass is 19.1. The summed E-state index contributed by atoms with van der Waals surface area (Å²) in [5.41, 5.74) is -1.31. The van der Waals surface area contributed by atoms with E-state index in [1.54, 1.807) is 6.20 Å². The molecule has 3 aromatic heterocycles. The van der Waals surface area contributed by atoms with E-state index >= 15 is 0 Å². The lowest BCUT2D eigenvalue weighted by Crippen LogP contribution is -2.48. The van der Waals surface area contributed by atoms with Gasteiger partial charge in [0.25, 0.3) is 5.56 Å². The summed E-state index contributed by atoms with van der Waals surface area (Å²) in [6.45, 7) is 2.95. The Hall–Kier alpha value is -3.15. The number of piperidine rings is 1. The molecule has 11 heteroatoms. The van der Waals surface area contributed by atoms with Crippen LogP contribution in [0.1, 0.15) is 24.1 Å². The summed E-state index contributed by atoms with van der Waals surface area (Å²) in [7, 11) is 0.